The van der Waals surface area contributed by atoms with E-state index in [4.69, 9.17) is 16.6 Å². The largest absolute Gasteiger partial charge is 0.371 e. The predicted molar refractivity (Wildman–Crippen MR) is 130 cm³/mol. The van der Waals surface area contributed by atoms with E-state index in [2.05, 4.69) is 67.5 Å². The van der Waals surface area contributed by atoms with E-state index < -0.39 is 0 Å². The summed E-state index contributed by atoms with van der Waals surface area (Å²) in [7, 11) is 0. The van der Waals surface area contributed by atoms with Crippen molar-refractivity contribution in [3.05, 3.63) is 40.7 Å². The Balaban J connectivity index is 1.28. The molecule has 3 heterocycles. The van der Waals surface area contributed by atoms with Crippen LogP contribution in [0.4, 0.5) is 5.69 Å². The van der Waals surface area contributed by atoms with Gasteiger partial charge in [0.05, 0.1) is 25.8 Å². The molecule has 6 aliphatic rings. The van der Waals surface area contributed by atoms with E-state index in [1.54, 1.807) is 0 Å². The number of aromatic nitrogens is 1. The van der Waals surface area contributed by atoms with Gasteiger partial charge in [-0.05, 0) is 40.9 Å². The monoisotopic (exact) mass is 450 g/mol. The highest BCUT2D eigenvalue weighted by Crippen LogP contribution is 2.62. The van der Waals surface area contributed by atoms with Gasteiger partial charge >= 0.3 is 0 Å². The number of benzene rings is 2. The molecule has 0 aromatic heterocycles. The number of fused-ring (bicyclic) bond motifs is 4. The highest BCUT2D eigenvalue weighted by atomic mass is 35.5. The molecule has 3 aliphatic heterocycles. The Kier molecular flexibility index (Phi) is 3.55. The van der Waals surface area contributed by atoms with Crippen molar-refractivity contribution in [1.29, 1.82) is 0 Å². The predicted octanol–water partition coefficient (Wildman–Crippen LogP) is 5.20. The van der Waals surface area contributed by atoms with E-state index in [-0.39, 0.29) is 0 Å². The van der Waals surface area contributed by atoms with Crippen LogP contribution in [0.3, 0.4) is 0 Å². The zero-order chi connectivity index (χ0) is 21.3. The first-order valence-corrected chi connectivity index (χ1v) is 12.8. The summed E-state index contributed by atoms with van der Waals surface area (Å²) in [6.45, 7) is 14.4. The van der Waals surface area contributed by atoms with Crippen LogP contribution in [-0.4, -0.2) is 31.2 Å². The van der Waals surface area contributed by atoms with Gasteiger partial charge in [0, 0.05) is 42.7 Å². The van der Waals surface area contributed by atoms with E-state index in [9.17, 15) is 0 Å². The van der Waals surface area contributed by atoms with E-state index in [0.29, 0.717) is 10.8 Å². The van der Waals surface area contributed by atoms with Crippen molar-refractivity contribution >= 4 is 38.8 Å². The molecular weight excluding hydrogens is 422 g/mol. The van der Waals surface area contributed by atoms with Crippen LogP contribution in [0.15, 0.2) is 30.3 Å². The summed E-state index contributed by atoms with van der Waals surface area (Å²) in [4.78, 5) is 8.73. The second-order valence-electron chi connectivity index (χ2n) is 11.5. The van der Waals surface area contributed by atoms with Gasteiger partial charge < -0.3 is 4.90 Å². The summed E-state index contributed by atoms with van der Waals surface area (Å²) in [5.41, 5.74) is 4.32. The Bertz CT molecular complexity index is 1280. The highest BCUT2D eigenvalue weighted by molar-refractivity contribution is 7.21. The number of halogens is 1. The lowest BCUT2D eigenvalue weighted by Crippen LogP contribution is -2.31. The summed E-state index contributed by atoms with van der Waals surface area (Å²) in [5, 5.41) is 2.12. The molecule has 31 heavy (non-hydrogen) atoms. The minimum absolute atomic E-state index is 0.527. The normalized spacial score (nSPS) is 31.9. The number of anilines is 1. The van der Waals surface area contributed by atoms with Gasteiger partial charge in [0.25, 0.3) is 0 Å². The molecule has 0 N–H and O–H groups in total. The average molecular weight is 451 g/mol. The summed E-state index contributed by atoms with van der Waals surface area (Å²) < 4.78 is 3.76. The molecule has 1 aromatic rings. The third kappa shape index (κ3) is 2.58. The van der Waals surface area contributed by atoms with Gasteiger partial charge in [-0.1, -0.05) is 39.3 Å². The summed E-state index contributed by atoms with van der Waals surface area (Å²) >= 11 is 8.57. The summed E-state index contributed by atoms with van der Waals surface area (Å²) in [5.74, 6) is 3.39. The fraction of sp³-hybridized carbons (Fsp3) is 0.538. The first-order chi connectivity index (χ1) is 14.7. The van der Waals surface area contributed by atoms with Gasteiger partial charge in [0.2, 0.25) is 5.36 Å². The first-order valence-electron chi connectivity index (χ1n) is 11.6. The maximum atomic E-state index is 6.74. The van der Waals surface area contributed by atoms with Gasteiger partial charge in [0.1, 0.15) is 13.1 Å². The van der Waals surface area contributed by atoms with Crippen molar-refractivity contribution in [3.8, 4) is 10.6 Å². The Morgan fingerprint density at radius 3 is 2.35 bits per heavy atom. The van der Waals surface area contributed by atoms with Crippen LogP contribution in [0, 0.1) is 34.5 Å². The SMILES string of the molecule is CC1(C)C2CN(c3cc(Cl)c4nc5ccc(=[N+]6CC7C(C6)C7(C)C)cc-5sc4c3)CC21. The molecule has 0 bridgehead atoms. The van der Waals surface area contributed by atoms with Crippen molar-refractivity contribution in [2.45, 2.75) is 27.7 Å². The molecule has 2 saturated carbocycles. The number of rotatable bonds is 1. The molecule has 0 radical (unpaired) electrons. The Hall–Kier alpha value is -1.65. The maximum Gasteiger partial charge on any atom is 0.201 e. The molecule has 5 heteroatoms. The van der Waals surface area contributed by atoms with Crippen LogP contribution in [0.2, 0.25) is 5.02 Å². The lowest BCUT2D eigenvalue weighted by molar-refractivity contribution is 0.439. The van der Waals surface area contributed by atoms with Crippen LogP contribution >= 0.6 is 22.9 Å². The Morgan fingerprint density at radius 2 is 1.65 bits per heavy atom. The van der Waals surface area contributed by atoms with Crippen molar-refractivity contribution in [1.82, 2.24) is 9.56 Å². The Labute approximate surface area is 192 Å². The number of hydrogen-bond acceptors (Lipinski definition) is 3. The zero-order valence-corrected chi connectivity index (χ0v) is 20.2. The lowest BCUT2D eigenvalue weighted by atomic mass is 10.1. The highest BCUT2D eigenvalue weighted by Gasteiger charge is 2.65. The lowest BCUT2D eigenvalue weighted by Gasteiger charge is -2.24. The number of nitrogens with zero attached hydrogens (tertiary/aromatic N) is 3. The quantitative estimate of drug-likeness (QED) is 0.374. The minimum atomic E-state index is 0.527. The smallest absolute Gasteiger partial charge is 0.201 e. The molecule has 2 saturated heterocycles. The van der Waals surface area contributed by atoms with E-state index >= 15 is 0 Å². The van der Waals surface area contributed by atoms with E-state index in [1.165, 1.54) is 33.7 Å². The topological polar surface area (TPSA) is 19.1 Å². The summed E-state index contributed by atoms with van der Waals surface area (Å²) in [6, 6.07) is 11.2. The van der Waals surface area contributed by atoms with E-state index in [1.807, 2.05) is 11.3 Å². The molecular formula is C26H29ClN3S+. The van der Waals surface area contributed by atoms with Gasteiger partial charge in [-0.3, -0.25) is 0 Å². The van der Waals surface area contributed by atoms with Crippen LogP contribution in [-0.2, 0) is 0 Å². The average Bonchev–Trinajstić information content (AvgIpc) is 3.24. The van der Waals surface area contributed by atoms with Gasteiger partial charge in [-0.15, -0.1) is 11.3 Å². The molecule has 7 rings (SSSR count). The van der Waals surface area contributed by atoms with Crippen molar-refractivity contribution in [2.75, 3.05) is 31.1 Å². The second kappa shape index (κ2) is 5.82. The van der Waals surface area contributed by atoms with Crippen LogP contribution in [0.1, 0.15) is 27.7 Å². The first kappa shape index (κ1) is 18.9. The Morgan fingerprint density at radius 1 is 0.968 bits per heavy atom. The molecule has 160 valence electrons. The molecule has 4 unspecified atom stereocenters. The number of piperidine rings is 2. The van der Waals surface area contributed by atoms with Crippen LogP contribution in [0.5, 0.6) is 0 Å². The van der Waals surface area contributed by atoms with Crippen LogP contribution < -0.4 is 14.8 Å². The van der Waals surface area contributed by atoms with Crippen LogP contribution in [0.25, 0.3) is 20.8 Å². The molecule has 4 fully saturated rings. The molecule has 4 atom stereocenters. The van der Waals surface area contributed by atoms with Gasteiger partial charge in [-0.2, -0.15) is 0 Å². The van der Waals surface area contributed by atoms with Crippen molar-refractivity contribution in [2.24, 2.45) is 34.5 Å². The fourth-order valence-electron chi connectivity index (χ4n) is 6.73. The standard InChI is InChI=1S/C26H29ClN3S/c1-25(2)16-10-29(11-17(16)25)14-5-6-21-22(8-14)31-23-9-15(7-20(27)24(23)28-21)30-12-18-19(13-30)26(18,3)4/h5-9,16-19H,10-13H2,1-4H3/q+1. The zero-order valence-electron chi connectivity index (χ0n) is 18.7. The molecule has 0 amide bonds. The molecule has 0 spiro atoms. The third-order valence-corrected chi connectivity index (χ3v) is 10.7. The maximum absolute atomic E-state index is 6.74. The second-order valence-corrected chi connectivity index (χ2v) is 13.0. The minimum Gasteiger partial charge on any atom is -0.371 e. The summed E-state index contributed by atoms with van der Waals surface area (Å²) in [6.07, 6.45) is 0. The molecule has 1 aromatic carbocycles. The molecule has 3 nitrogen and oxygen atoms in total. The van der Waals surface area contributed by atoms with E-state index in [0.717, 1.165) is 53.0 Å². The fourth-order valence-corrected chi connectivity index (χ4v) is 8.11. The van der Waals surface area contributed by atoms with Gasteiger partial charge in [-0.25, -0.2) is 9.56 Å². The third-order valence-electron chi connectivity index (χ3n) is 9.38. The van der Waals surface area contributed by atoms with Crippen molar-refractivity contribution in [3.63, 3.8) is 0 Å². The number of hydrogen-bond donors (Lipinski definition) is 0. The molecule has 3 aliphatic carbocycles. The van der Waals surface area contributed by atoms with Gasteiger partial charge in [0.15, 0.2) is 0 Å². The van der Waals surface area contributed by atoms with Crippen molar-refractivity contribution < 1.29 is 0 Å².